The number of hydrogen-bond acceptors (Lipinski definition) is 2. The first-order chi connectivity index (χ1) is 6.11. The average Bonchev–Trinajstić information content (AvgIpc) is 2.12. The second kappa shape index (κ2) is 6.42. The fraction of sp³-hybridized carbons (Fsp3) is 0.636. The van der Waals surface area contributed by atoms with Gasteiger partial charge >= 0.3 is 0 Å². The zero-order valence-corrected chi connectivity index (χ0v) is 8.91. The topological polar surface area (TPSA) is 24.7 Å². The van der Waals surface area contributed by atoms with Gasteiger partial charge < -0.3 is 0 Å². The number of terminal acetylenes is 1. The highest BCUT2D eigenvalue weighted by Gasteiger charge is 1.96. The highest BCUT2D eigenvalue weighted by atomic mass is 15.1. The van der Waals surface area contributed by atoms with Crippen LogP contribution in [0.15, 0.2) is 22.0 Å². The van der Waals surface area contributed by atoms with Crippen LogP contribution >= 0.6 is 0 Å². The maximum atomic E-state index is 5.24. The standard InChI is InChI=1S/C11H18N2/c1-6-11(7-2)13-12-8-10(5)9(3)4/h1,8-9,11H,7H2,2-5H3/b10-8+,13-12?. The third-order valence-electron chi connectivity index (χ3n) is 1.96. The first-order valence-corrected chi connectivity index (χ1v) is 4.64. The van der Waals surface area contributed by atoms with Gasteiger partial charge in [-0.15, -0.1) is 6.42 Å². The highest BCUT2D eigenvalue weighted by Crippen LogP contribution is 2.08. The normalized spacial score (nSPS) is 14.9. The lowest BCUT2D eigenvalue weighted by Crippen LogP contribution is -1.95. The summed E-state index contributed by atoms with van der Waals surface area (Å²) >= 11 is 0. The Kier molecular flexibility index (Phi) is 5.88. The molecule has 0 radical (unpaired) electrons. The van der Waals surface area contributed by atoms with Gasteiger partial charge in [0.05, 0.1) is 0 Å². The summed E-state index contributed by atoms with van der Waals surface area (Å²) in [6.07, 6.45) is 7.86. The van der Waals surface area contributed by atoms with Crippen molar-refractivity contribution in [2.45, 2.75) is 40.2 Å². The van der Waals surface area contributed by atoms with E-state index in [4.69, 9.17) is 6.42 Å². The molecular formula is C11H18N2. The largest absolute Gasteiger partial charge is 0.173 e. The van der Waals surface area contributed by atoms with Crippen molar-refractivity contribution < 1.29 is 0 Å². The van der Waals surface area contributed by atoms with Gasteiger partial charge in [0.1, 0.15) is 6.04 Å². The molecule has 0 saturated heterocycles. The lowest BCUT2D eigenvalue weighted by molar-refractivity contribution is 0.741. The summed E-state index contributed by atoms with van der Waals surface area (Å²) in [7, 11) is 0. The van der Waals surface area contributed by atoms with E-state index in [1.807, 2.05) is 13.8 Å². The van der Waals surface area contributed by atoms with Crippen molar-refractivity contribution in [3.63, 3.8) is 0 Å². The van der Waals surface area contributed by atoms with E-state index in [-0.39, 0.29) is 6.04 Å². The van der Waals surface area contributed by atoms with Crippen molar-refractivity contribution in [3.8, 4) is 12.3 Å². The van der Waals surface area contributed by atoms with Crippen LogP contribution in [-0.2, 0) is 0 Å². The third-order valence-corrected chi connectivity index (χ3v) is 1.96. The molecule has 0 aromatic rings. The fourth-order valence-electron chi connectivity index (χ4n) is 0.587. The first kappa shape index (κ1) is 11.9. The summed E-state index contributed by atoms with van der Waals surface area (Å²) in [5.74, 6) is 3.08. The second-order valence-corrected chi connectivity index (χ2v) is 3.35. The van der Waals surface area contributed by atoms with Crippen LogP contribution in [0.5, 0.6) is 0 Å². The molecule has 0 bridgehead atoms. The van der Waals surface area contributed by atoms with E-state index in [1.165, 1.54) is 5.57 Å². The van der Waals surface area contributed by atoms with Crippen LogP contribution in [0.4, 0.5) is 0 Å². The van der Waals surface area contributed by atoms with Gasteiger partial charge in [0.2, 0.25) is 0 Å². The monoisotopic (exact) mass is 178 g/mol. The smallest absolute Gasteiger partial charge is 0.131 e. The first-order valence-electron chi connectivity index (χ1n) is 4.64. The lowest BCUT2D eigenvalue weighted by Gasteiger charge is -2.01. The van der Waals surface area contributed by atoms with Crippen molar-refractivity contribution in [1.82, 2.24) is 0 Å². The molecule has 0 heterocycles. The van der Waals surface area contributed by atoms with Gasteiger partial charge in [0.15, 0.2) is 0 Å². The summed E-state index contributed by atoms with van der Waals surface area (Å²) in [6, 6.07) is -0.0730. The molecule has 0 amide bonds. The van der Waals surface area contributed by atoms with E-state index in [0.717, 1.165) is 6.42 Å². The maximum absolute atomic E-state index is 5.24. The molecule has 72 valence electrons. The third kappa shape index (κ3) is 5.19. The average molecular weight is 178 g/mol. The predicted molar refractivity (Wildman–Crippen MR) is 56.4 cm³/mol. The van der Waals surface area contributed by atoms with Crippen molar-refractivity contribution in [3.05, 3.63) is 11.8 Å². The van der Waals surface area contributed by atoms with Crippen molar-refractivity contribution in [2.24, 2.45) is 16.1 Å². The molecule has 0 aromatic heterocycles. The molecule has 13 heavy (non-hydrogen) atoms. The van der Waals surface area contributed by atoms with Gasteiger partial charge in [-0.1, -0.05) is 32.3 Å². The fourth-order valence-corrected chi connectivity index (χ4v) is 0.587. The Morgan fingerprint density at radius 1 is 1.54 bits per heavy atom. The van der Waals surface area contributed by atoms with Gasteiger partial charge in [-0.2, -0.15) is 10.2 Å². The van der Waals surface area contributed by atoms with Crippen LogP contribution in [0.3, 0.4) is 0 Å². The van der Waals surface area contributed by atoms with E-state index in [9.17, 15) is 0 Å². The Balaban J connectivity index is 4.14. The van der Waals surface area contributed by atoms with Crippen molar-refractivity contribution in [2.75, 3.05) is 0 Å². The zero-order valence-electron chi connectivity index (χ0n) is 8.91. The van der Waals surface area contributed by atoms with E-state index in [0.29, 0.717) is 5.92 Å². The van der Waals surface area contributed by atoms with E-state index < -0.39 is 0 Å². The predicted octanol–water partition coefficient (Wildman–Crippen LogP) is 3.41. The molecular weight excluding hydrogens is 160 g/mol. The molecule has 2 nitrogen and oxygen atoms in total. The summed E-state index contributed by atoms with van der Waals surface area (Å²) < 4.78 is 0. The summed E-state index contributed by atoms with van der Waals surface area (Å²) in [4.78, 5) is 0. The van der Waals surface area contributed by atoms with Gasteiger partial charge in [-0.3, -0.25) is 0 Å². The van der Waals surface area contributed by atoms with Crippen molar-refractivity contribution >= 4 is 0 Å². The molecule has 1 atom stereocenters. The molecule has 0 aliphatic rings. The Morgan fingerprint density at radius 3 is 2.54 bits per heavy atom. The summed E-state index contributed by atoms with van der Waals surface area (Å²) in [5.41, 5.74) is 1.22. The van der Waals surface area contributed by atoms with Crippen LogP contribution in [0.1, 0.15) is 34.1 Å². The maximum Gasteiger partial charge on any atom is 0.131 e. The number of hydrogen-bond donors (Lipinski definition) is 0. The highest BCUT2D eigenvalue weighted by molar-refractivity contribution is 5.01. The van der Waals surface area contributed by atoms with E-state index in [2.05, 4.69) is 30.0 Å². The Hall–Kier alpha value is -1.10. The Morgan fingerprint density at radius 2 is 2.15 bits per heavy atom. The van der Waals surface area contributed by atoms with Crippen LogP contribution in [0.25, 0.3) is 0 Å². The SMILES string of the molecule is C#CC(CC)N=N/C=C(\C)C(C)C. The lowest BCUT2D eigenvalue weighted by atomic mass is 10.1. The number of azo groups is 1. The summed E-state index contributed by atoms with van der Waals surface area (Å²) in [5, 5.41) is 7.95. The quantitative estimate of drug-likeness (QED) is 0.465. The second-order valence-electron chi connectivity index (χ2n) is 3.35. The van der Waals surface area contributed by atoms with Gasteiger partial charge in [-0.25, -0.2) is 0 Å². The minimum atomic E-state index is -0.0730. The number of nitrogens with zero attached hydrogens (tertiary/aromatic N) is 2. The van der Waals surface area contributed by atoms with Crippen molar-refractivity contribution in [1.29, 1.82) is 0 Å². The number of rotatable bonds is 4. The minimum absolute atomic E-state index is 0.0730. The van der Waals surface area contributed by atoms with Crippen LogP contribution < -0.4 is 0 Å². The van der Waals surface area contributed by atoms with Crippen LogP contribution in [0, 0.1) is 18.3 Å². The van der Waals surface area contributed by atoms with Gasteiger partial charge in [0, 0.05) is 6.20 Å². The van der Waals surface area contributed by atoms with Crippen LogP contribution in [0.2, 0.25) is 0 Å². The molecule has 2 heteroatoms. The molecule has 0 fully saturated rings. The van der Waals surface area contributed by atoms with E-state index in [1.54, 1.807) is 6.20 Å². The Bertz CT molecular complexity index is 231. The molecule has 1 unspecified atom stereocenters. The minimum Gasteiger partial charge on any atom is -0.173 e. The molecule has 0 rings (SSSR count). The Labute approximate surface area is 81.1 Å². The summed E-state index contributed by atoms with van der Waals surface area (Å²) in [6.45, 7) is 8.29. The van der Waals surface area contributed by atoms with Gasteiger partial charge in [0.25, 0.3) is 0 Å². The molecule has 0 aliphatic carbocycles. The molecule has 0 aromatic carbocycles. The van der Waals surface area contributed by atoms with Crippen LogP contribution in [-0.4, -0.2) is 6.04 Å². The van der Waals surface area contributed by atoms with Gasteiger partial charge in [-0.05, 0) is 19.3 Å². The molecule has 0 aliphatic heterocycles. The molecule has 0 saturated carbocycles. The molecule has 0 N–H and O–H groups in total. The molecule has 0 spiro atoms. The number of allylic oxidation sites excluding steroid dienone is 1. The van der Waals surface area contributed by atoms with E-state index >= 15 is 0 Å². The zero-order chi connectivity index (χ0) is 10.3.